The van der Waals surface area contributed by atoms with Crippen LogP contribution in [-0.4, -0.2) is 43.3 Å². The summed E-state index contributed by atoms with van der Waals surface area (Å²) in [6.45, 7) is 2.82. The standard InChI is InChI=1S/C28H30N6O4/c1-17(35)13-19-14-22(7-10-29-19)38-21-5-6-24-25(15-21)33(2)28(30-24)31-26-16-23(18-3-4-18)27(36)34(32-26)20-8-11-37-12-9-20/h5-7,10,14-16,18,20H,3-4,8-9,11-13H2,1-2H3,(H,30,31,32). The number of anilines is 2. The third-order valence-electron chi connectivity index (χ3n) is 7.06. The van der Waals surface area contributed by atoms with Crippen LogP contribution in [0.4, 0.5) is 11.8 Å². The zero-order valence-corrected chi connectivity index (χ0v) is 21.5. The molecular formula is C28H30N6O4. The molecule has 0 bridgehead atoms. The smallest absolute Gasteiger partial charge is 0.270 e. The molecule has 2 fully saturated rings. The molecule has 0 atom stereocenters. The van der Waals surface area contributed by atoms with Gasteiger partial charge in [0.25, 0.3) is 5.56 Å². The number of nitrogens with zero attached hydrogens (tertiary/aromatic N) is 5. The molecule has 4 heterocycles. The van der Waals surface area contributed by atoms with Gasteiger partial charge in [-0.1, -0.05) is 0 Å². The predicted octanol–water partition coefficient (Wildman–Crippen LogP) is 4.42. The second-order valence-corrected chi connectivity index (χ2v) is 10.1. The molecule has 3 aromatic heterocycles. The molecule has 1 N–H and O–H groups in total. The number of carbonyl (C=O) groups is 1. The van der Waals surface area contributed by atoms with Gasteiger partial charge in [0.1, 0.15) is 17.3 Å². The highest BCUT2D eigenvalue weighted by molar-refractivity contribution is 5.81. The second kappa shape index (κ2) is 10.0. The normalized spacial score (nSPS) is 16.1. The first kappa shape index (κ1) is 24.3. The number of hydrogen-bond donors (Lipinski definition) is 1. The monoisotopic (exact) mass is 514 g/mol. The summed E-state index contributed by atoms with van der Waals surface area (Å²) in [7, 11) is 1.93. The van der Waals surface area contributed by atoms with E-state index < -0.39 is 0 Å². The van der Waals surface area contributed by atoms with E-state index in [9.17, 15) is 9.59 Å². The number of carbonyl (C=O) groups excluding carboxylic acids is 1. The highest BCUT2D eigenvalue weighted by atomic mass is 16.5. The van der Waals surface area contributed by atoms with Crippen molar-refractivity contribution in [1.82, 2.24) is 24.3 Å². The van der Waals surface area contributed by atoms with Crippen molar-refractivity contribution in [3.8, 4) is 11.5 Å². The number of Topliss-reactive ketones (excluding diaryl/α,β-unsaturated/α-hetero) is 1. The average Bonchev–Trinajstić information content (AvgIpc) is 3.71. The Morgan fingerprint density at radius 1 is 1.11 bits per heavy atom. The minimum Gasteiger partial charge on any atom is -0.457 e. The molecule has 1 aromatic carbocycles. The van der Waals surface area contributed by atoms with Crippen molar-refractivity contribution < 1.29 is 14.3 Å². The van der Waals surface area contributed by atoms with Crippen LogP contribution in [-0.2, 0) is 23.0 Å². The van der Waals surface area contributed by atoms with Crippen LogP contribution in [0.3, 0.4) is 0 Å². The quantitative estimate of drug-likeness (QED) is 0.368. The van der Waals surface area contributed by atoms with Crippen LogP contribution in [0.1, 0.15) is 55.8 Å². The molecule has 1 saturated carbocycles. The Hall–Kier alpha value is -4.05. The number of imidazole rings is 1. The van der Waals surface area contributed by atoms with Crippen molar-refractivity contribution in [1.29, 1.82) is 0 Å². The summed E-state index contributed by atoms with van der Waals surface area (Å²) in [4.78, 5) is 33.6. The number of hydrogen-bond acceptors (Lipinski definition) is 8. The Morgan fingerprint density at radius 2 is 1.89 bits per heavy atom. The molecule has 0 radical (unpaired) electrons. The van der Waals surface area contributed by atoms with Gasteiger partial charge in [-0.2, -0.15) is 5.10 Å². The lowest BCUT2D eigenvalue weighted by Gasteiger charge is -2.24. The van der Waals surface area contributed by atoms with Crippen LogP contribution in [0.2, 0.25) is 0 Å². The summed E-state index contributed by atoms with van der Waals surface area (Å²) in [5.41, 5.74) is 3.19. The molecule has 1 saturated heterocycles. The summed E-state index contributed by atoms with van der Waals surface area (Å²) >= 11 is 0. The van der Waals surface area contributed by atoms with Crippen molar-refractivity contribution in [2.24, 2.45) is 7.05 Å². The summed E-state index contributed by atoms with van der Waals surface area (Å²) in [5.74, 6) is 2.85. The Bertz CT molecular complexity index is 1570. The summed E-state index contributed by atoms with van der Waals surface area (Å²) < 4.78 is 15.2. The number of ether oxygens (including phenoxy) is 2. The van der Waals surface area contributed by atoms with Crippen molar-refractivity contribution in [3.63, 3.8) is 0 Å². The zero-order chi connectivity index (χ0) is 26.2. The number of nitrogens with one attached hydrogen (secondary N) is 1. The largest absolute Gasteiger partial charge is 0.457 e. The van der Waals surface area contributed by atoms with Gasteiger partial charge in [0.15, 0.2) is 5.82 Å². The Labute approximate surface area is 219 Å². The van der Waals surface area contributed by atoms with Crippen molar-refractivity contribution in [3.05, 3.63) is 64.2 Å². The van der Waals surface area contributed by atoms with Gasteiger partial charge in [-0.25, -0.2) is 9.67 Å². The van der Waals surface area contributed by atoms with E-state index in [1.54, 1.807) is 29.9 Å². The highest BCUT2D eigenvalue weighted by Crippen LogP contribution is 2.39. The van der Waals surface area contributed by atoms with Crippen molar-refractivity contribution in [2.45, 2.75) is 51.0 Å². The number of aromatic nitrogens is 5. The fraction of sp³-hybridized carbons (Fsp3) is 0.393. The highest BCUT2D eigenvalue weighted by Gasteiger charge is 2.30. The van der Waals surface area contributed by atoms with Gasteiger partial charge in [0.05, 0.1) is 22.8 Å². The number of ketones is 1. The van der Waals surface area contributed by atoms with Crippen LogP contribution in [0.25, 0.3) is 11.0 Å². The van der Waals surface area contributed by atoms with Crippen LogP contribution < -0.4 is 15.6 Å². The van der Waals surface area contributed by atoms with Crippen LogP contribution in [0.5, 0.6) is 11.5 Å². The molecule has 0 unspecified atom stereocenters. The number of rotatable bonds is 8. The summed E-state index contributed by atoms with van der Waals surface area (Å²) in [5, 5.41) is 8.06. The lowest BCUT2D eigenvalue weighted by molar-refractivity contribution is -0.116. The number of aryl methyl sites for hydroxylation is 1. The summed E-state index contributed by atoms with van der Waals surface area (Å²) in [6.07, 6.45) is 5.54. The molecule has 4 aromatic rings. The third-order valence-corrected chi connectivity index (χ3v) is 7.06. The van der Waals surface area contributed by atoms with Gasteiger partial charge in [0.2, 0.25) is 5.95 Å². The molecule has 0 spiro atoms. The van der Waals surface area contributed by atoms with E-state index >= 15 is 0 Å². The maximum absolute atomic E-state index is 13.2. The molecule has 10 nitrogen and oxygen atoms in total. The van der Waals surface area contributed by atoms with Crippen LogP contribution in [0, 0.1) is 0 Å². The van der Waals surface area contributed by atoms with Crippen molar-refractivity contribution in [2.75, 3.05) is 18.5 Å². The topological polar surface area (TPSA) is 113 Å². The third kappa shape index (κ3) is 5.04. The molecule has 6 rings (SSSR count). The van der Waals surface area contributed by atoms with Gasteiger partial charge >= 0.3 is 0 Å². The molecular weight excluding hydrogens is 484 g/mol. The molecule has 0 amide bonds. The number of fused-ring (bicyclic) bond motifs is 1. The fourth-order valence-corrected chi connectivity index (χ4v) is 4.92. The lowest BCUT2D eigenvalue weighted by Crippen LogP contribution is -2.33. The summed E-state index contributed by atoms with van der Waals surface area (Å²) in [6, 6.07) is 11.1. The second-order valence-electron chi connectivity index (χ2n) is 10.1. The van der Waals surface area contributed by atoms with Crippen LogP contribution in [0.15, 0.2) is 47.4 Å². The van der Waals surface area contributed by atoms with Gasteiger partial charge in [-0.3, -0.25) is 14.6 Å². The first-order valence-electron chi connectivity index (χ1n) is 13.0. The van der Waals surface area contributed by atoms with Gasteiger partial charge in [-0.05, 0) is 62.8 Å². The molecule has 1 aliphatic carbocycles. The van der Waals surface area contributed by atoms with E-state index in [-0.39, 0.29) is 23.8 Å². The Kier molecular flexibility index (Phi) is 6.40. The van der Waals surface area contributed by atoms with Gasteiger partial charge in [-0.15, -0.1) is 0 Å². The average molecular weight is 515 g/mol. The van der Waals surface area contributed by atoms with E-state index in [0.717, 1.165) is 42.3 Å². The molecule has 10 heteroatoms. The van der Waals surface area contributed by atoms with E-state index in [2.05, 4.69) is 10.3 Å². The lowest BCUT2D eigenvalue weighted by atomic mass is 10.1. The Morgan fingerprint density at radius 3 is 2.66 bits per heavy atom. The first-order chi connectivity index (χ1) is 18.4. The van der Waals surface area contributed by atoms with Crippen LogP contribution >= 0.6 is 0 Å². The molecule has 2 aliphatic rings. The molecule has 1 aliphatic heterocycles. The molecule has 38 heavy (non-hydrogen) atoms. The minimum absolute atomic E-state index is 0.0133. The number of pyridine rings is 1. The van der Waals surface area contributed by atoms with E-state index in [1.807, 2.05) is 35.9 Å². The first-order valence-corrected chi connectivity index (χ1v) is 13.0. The maximum atomic E-state index is 13.2. The zero-order valence-electron chi connectivity index (χ0n) is 21.5. The van der Waals surface area contributed by atoms with E-state index in [4.69, 9.17) is 19.6 Å². The maximum Gasteiger partial charge on any atom is 0.270 e. The fourth-order valence-electron chi connectivity index (χ4n) is 4.92. The van der Waals surface area contributed by atoms with Gasteiger partial charge in [0, 0.05) is 50.6 Å². The number of benzene rings is 1. The minimum atomic E-state index is 0.0133. The van der Waals surface area contributed by atoms with E-state index in [1.165, 1.54) is 0 Å². The predicted molar refractivity (Wildman–Crippen MR) is 142 cm³/mol. The SMILES string of the molecule is CC(=O)Cc1cc(Oc2ccc3nc(Nc4cc(C5CC5)c(=O)n(C5CCOCC5)n4)n(C)c3c2)ccn1. The van der Waals surface area contributed by atoms with E-state index in [0.29, 0.717) is 48.1 Å². The van der Waals surface area contributed by atoms with Gasteiger partial charge < -0.3 is 19.4 Å². The van der Waals surface area contributed by atoms with Crippen molar-refractivity contribution >= 4 is 28.6 Å². The Balaban J connectivity index is 1.28. The molecule has 196 valence electrons.